The number of hydrogen-bond donors (Lipinski definition) is 1. The highest BCUT2D eigenvalue weighted by molar-refractivity contribution is 6.30. The molecule has 0 aliphatic rings. The zero-order valence-electron chi connectivity index (χ0n) is 19.0. The second-order valence-corrected chi connectivity index (χ2v) is 8.80. The SMILES string of the molecule is CC(C)CCNC(=O)C(c1ccco1)N(C(=O)Cn1nnc2ccccc21)c1ccc(Cl)cc1. The minimum Gasteiger partial charge on any atom is -0.467 e. The summed E-state index contributed by atoms with van der Waals surface area (Å²) in [6.07, 6.45) is 2.30. The molecule has 4 aromatic rings. The lowest BCUT2D eigenvalue weighted by Crippen LogP contribution is -2.45. The predicted octanol–water partition coefficient (Wildman–Crippen LogP) is 4.61. The van der Waals surface area contributed by atoms with E-state index in [4.69, 9.17) is 16.0 Å². The van der Waals surface area contributed by atoms with Crippen LogP contribution in [0.1, 0.15) is 32.1 Å². The maximum Gasteiger partial charge on any atom is 0.251 e. The van der Waals surface area contributed by atoms with E-state index in [1.807, 2.05) is 24.3 Å². The summed E-state index contributed by atoms with van der Waals surface area (Å²) in [4.78, 5) is 28.6. The molecule has 0 bridgehead atoms. The molecule has 2 aromatic heterocycles. The van der Waals surface area contributed by atoms with Gasteiger partial charge in [-0.2, -0.15) is 0 Å². The normalized spacial score (nSPS) is 12.1. The number of carbonyl (C=O) groups is 2. The smallest absolute Gasteiger partial charge is 0.251 e. The number of furan rings is 1. The van der Waals surface area contributed by atoms with Gasteiger partial charge < -0.3 is 9.73 Å². The minimum absolute atomic E-state index is 0.111. The van der Waals surface area contributed by atoms with E-state index < -0.39 is 6.04 Å². The van der Waals surface area contributed by atoms with Crippen molar-refractivity contribution in [2.24, 2.45) is 5.92 Å². The molecule has 1 atom stereocenters. The first-order valence-corrected chi connectivity index (χ1v) is 11.5. The predicted molar refractivity (Wildman–Crippen MR) is 130 cm³/mol. The lowest BCUT2D eigenvalue weighted by atomic mass is 10.1. The summed E-state index contributed by atoms with van der Waals surface area (Å²) in [5.74, 6) is 0.103. The Bertz CT molecular complexity index is 1250. The van der Waals surface area contributed by atoms with Crippen LogP contribution in [0.25, 0.3) is 11.0 Å². The molecular weight excluding hydrogens is 454 g/mol. The van der Waals surface area contributed by atoms with E-state index in [-0.39, 0.29) is 18.4 Å². The molecule has 2 aromatic carbocycles. The average molecular weight is 480 g/mol. The Hall–Kier alpha value is -3.65. The quantitative estimate of drug-likeness (QED) is 0.378. The molecule has 8 nitrogen and oxygen atoms in total. The van der Waals surface area contributed by atoms with Crippen molar-refractivity contribution in [3.8, 4) is 0 Å². The molecule has 1 unspecified atom stereocenters. The summed E-state index contributed by atoms with van der Waals surface area (Å²) < 4.78 is 7.13. The molecule has 176 valence electrons. The third-order valence-electron chi connectivity index (χ3n) is 5.42. The molecule has 0 spiro atoms. The summed E-state index contributed by atoms with van der Waals surface area (Å²) in [5, 5.41) is 11.7. The monoisotopic (exact) mass is 479 g/mol. The van der Waals surface area contributed by atoms with Gasteiger partial charge in [0.15, 0.2) is 6.04 Å². The number of nitrogens with one attached hydrogen (secondary N) is 1. The van der Waals surface area contributed by atoms with Crippen LogP contribution in [0.5, 0.6) is 0 Å². The molecule has 0 radical (unpaired) electrons. The maximum absolute atomic E-state index is 13.7. The van der Waals surface area contributed by atoms with E-state index in [1.165, 1.54) is 15.8 Å². The molecule has 2 amide bonds. The van der Waals surface area contributed by atoms with Gasteiger partial charge in [0.05, 0.1) is 11.8 Å². The molecule has 4 rings (SSSR count). The molecule has 1 N–H and O–H groups in total. The van der Waals surface area contributed by atoms with E-state index >= 15 is 0 Å². The Morgan fingerprint density at radius 3 is 2.56 bits per heavy atom. The standard InChI is InChI=1S/C25H26ClN5O3/c1-17(2)13-14-27-25(33)24(22-8-5-15-34-22)31(19-11-9-18(26)10-12-19)23(32)16-30-21-7-4-3-6-20(21)28-29-30/h3-12,15,17,24H,13-14,16H2,1-2H3,(H,27,33). The summed E-state index contributed by atoms with van der Waals surface area (Å²) in [7, 11) is 0. The Balaban J connectivity index is 1.71. The number of amides is 2. The van der Waals surface area contributed by atoms with Gasteiger partial charge in [-0.05, 0) is 60.9 Å². The van der Waals surface area contributed by atoms with E-state index in [0.717, 1.165) is 11.9 Å². The molecule has 0 saturated heterocycles. The van der Waals surface area contributed by atoms with Crippen LogP contribution in [0.4, 0.5) is 5.69 Å². The summed E-state index contributed by atoms with van der Waals surface area (Å²) in [6, 6.07) is 16.5. The van der Waals surface area contributed by atoms with Crippen molar-refractivity contribution in [2.75, 3.05) is 11.4 Å². The molecule has 9 heteroatoms. The van der Waals surface area contributed by atoms with Gasteiger partial charge in [-0.3, -0.25) is 14.5 Å². The first-order valence-electron chi connectivity index (χ1n) is 11.1. The van der Waals surface area contributed by atoms with Gasteiger partial charge >= 0.3 is 0 Å². The number of fused-ring (bicyclic) bond motifs is 1. The fourth-order valence-electron chi connectivity index (χ4n) is 3.68. The number of rotatable bonds is 9. The van der Waals surface area contributed by atoms with Gasteiger partial charge in [0, 0.05) is 17.3 Å². The highest BCUT2D eigenvalue weighted by atomic mass is 35.5. The number of carbonyl (C=O) groups excluding carboxylic acids is 2. The lowest BCUT2D eigenvalue weighted by Gasteiger charge is -2.30. The highest BCUT2D eigenvalue weighted by Crippen LogP contribution is 2.30. The maximum atomic E-state index is 13.7. The second-order valence-electron chi connectivity index (χ2n) is 8.37. The van der Waals surface area contributed by atoms with Gasteiger partial charge in [0.2, 0.25) is 5.91 Å². The van der Waals surface area contributed by atoms with Crippen LogP contribution in [0.3, 0.4) is 0 Å². The van der Waals surface area contributed by atoms with Crippen molar-refractivity contribution in [1.82, 2.24) is 20.3 Å². The molecule has 0 saturated carbocycles. The number of para-hydroxylation sites is 1. The van der Waals surface area contributed by atoms with Crippen LogP contribution < -0.4 is 10.2 Å². The van der Waals surface area contributed by atoms with Gasteiger partial charge in [-0.1, -0.05) is 42.8 Å². The van der Waals surface area contributed by atoms with E-state index in [2.05, 4.69) is 29.5 Å². The zero-order chi connectivity index (χ0) is 24.1. The van der Waals surface area contributed by atoms with Crippen LogP contribution in [0.2, 0.25) is 5.02 Å². The van der Waals surface area contributed by atoms with Gasteiger partial charge in [-0.15, -0.1) is 5.10 Å². The van der Waals surface area contributed by atoms with Gasteiger partial charge in [0.1, 0.15) is 17.8 Å². The van der Waals surface area contributed by atoms with Crippen molar-refractivity contribution < 1.29 is 14.0 Å². The van der Waals surface area contributed by atoms with Crippen molar-refractivity contribution in [3.63, 3.8) is 0 Å². The molecule has 0 fully saturated rings. The van der Waals surface area contributed by atoms with Crippen LogP contribution in [0.15, 0.2) is 71.3 Å². The fourth-order valence-corrected chi connectivity index (χ4v) is 3.80. The second kappa shape index (κ2) is 10.5. The number of benzene rings is 2. The third-order valence-corrected chi connectivity index (χ3v) is 5.67. The largest absolute Gasteiger partial charge is 0.467 e. The summed E-state index contributed by atoms with van der Waals surface area (Å²) in [5.41, 5.74) is 1.92. The molecular formula is C25H26ClN5O3. The lowest BCUT2D eigenvalue weighted by molar-refractivity contribution is -0.127. The van der Waals surface area contributed by atoms with Gasteiger partial charge in [0.25, 0.3) is 5.91 Å². The van der Waals surface area contributed by atoms with E-state index in [9.17, 15) is 9.59 Å². The van der Waals surface area contributed by atoms with Gasteiger partial charge in [-0.25, -0.2) is 4.68 Å². The Morgan fingerprint density at radius 2 is 1.85 bits per heavy atom. The average Bonchev–Trinajstić information content (AvgIpc) is 3.48. The number of anilines is 1. The van der Waals surface area contributed by atoms with Crippen LogP contribution in [-0.2, 0) is 16.1 Å². The fraction of sp³-hybridized carbons (Fsp3) is 0.280. The van der Waals surface area contributed by atoms with Crippen LogP contribution >= 0.6 is 11.6 Å². The summed E-state index contributed by atoms with van der Waals surface area (Å²) >= 11 is 6.09. The number of aromatic nitrogens is 3. The number of nitrogens with zero attached hydrogens (tertiary/aromatic N) is 4. The molecule has 2 heterocycles. The zero-order valence-corrected chi connectivity index (χ0v) is 19.8. The summed E-state index contributed by atoms with van der Waals surface area (Å²) in [6.45, 7) is 4.55. The van der Waals surface area contributed by atoms with E-state index in [1.54, 1.807) is 36.4 Å². The van der Waals surface area contributed by atoms with Crippen molar-refractivity contribution in [1.29, 1.82) is 0 Å². The van der Waals surface area contributed by atoms with Crippen molar-refractivity contribution in [3.05, 3.63) is 77.7 Å². The highest BCUT2D eigenvalue weighted by Gasteiger charge is 2.35. The van der Waals surface area contributed by atoms with Crippen LogP contribution in [-0.4, -0.2) is 33.4 Å². The minimum atomic E-state index is -1.01. The molecule has 0 aliphatic carbocycles. The topological polar surface area (TPSA) is 93.3 Å². The molecule has 34 heavy (non-hydrogen) atoms. The first-order chi connectivity index (χ1) is 16.4. The Morgan fingerprint density at radius 1 is 1.09 bits per heavy atom. The Kier molecular flexibility index (Phi) is 7.27. The third kappa shape index (κ3) is 5.28. The number of halogens is 1. The number of hydrogen-bond acceptors (Lipinski definition) is 5. The van der Waals surface area contributed by atoms with Crippen LogP contribution in [0, 0.1) is 5.92 Å². The van der Waals surface area contributed by atoms with Crippen molar-refractivity contribution in [2.45, 2.75) is 32.9 Å². The van der Waals surface area contributed by atoms with E-state index in [0.29, 0.717) is 34.4 Å². The Labute approximate surface area is 202 Å². The van der Waals surface area contributed by atoms with Crippen molar-refractivity contribution >= 4 is 40.1 Å². The first kappa shape index (κ1) is 23.5. The molecule has 0 aliphatic heterocycles.